The monoisotopic (exact) mass is 906 g/mol. The van der Waals surface area contributed by atoms with Gasteiger partial charge in [0.15, 0.2) is 5.16 Å². The number of benzene rings is 3. The van der Waals surface area contributed by atoms with Crippen LogP contribution in [0.25, 0.3) is 11.1 Å². The van der Waals surface area contributed by atoms with Crippen molar-refractivity contribution in [3.05, 3.63) is 68.4 Å². The maximum Gasteiger partial charge on any atom is 0.415 e. The average molecular weight is 902 g/mol. The Morgan fingerprint density at radius 3 is 1.45 bits per heavy atom. The number of carbonyl (C=O) groups excluding carboxylic acids is 1. The zero-order valence-electron chi connectivity index (χ0n) is 38.1. The Morgan fingerprint density at radius 2 is 1.06 bits per heavy atom. The summed E-state index contributed by atoms with van der Waals surface area (Å²) in [6.07, 6.45) is -5.15. The lowest BCUT2D eigenvalue weighted by Gasteiger charge is -2.52. The summed E-state index contributed by atoms with van der Waals surface area (Å²) in [5.41, 5.74) is -12.8. The van der Waals surface area contributed by atoms with Gasteiger partial charge in [-0.2, -0.15) is 18.2 Å². The van der Waals surface area contributed by atoms with E-state index in [1.54, 1.807) is 0 Å². The van der Waals surface area contributed by atoms with Crippen LogP contribution in [0.4, 0.5) is 17.6 Å². The second-order valence-corrected chi connectivity index (χ2v) is 19.0. The molecule has 5 rings (SSSR count). The van der Waals surface area contributed by atoms with Crippen molar-refractivity contribution in [2.75, 3.05) is 13.1 Å². The molecule has 1 amide bonds. The maximum atomic E-state index is 15.7. The molecule has 0 N–H and O–H groups in total. The number of aromatic nitrogens is 2. The van der Waals surface area contributed by atoms with Crippen molar-refractivity contribution in [2.24, 2.45) is 0 Å². The lowest BCUT2D eigenvalue weighted by Crippen LogP contribution is -2.67. The summed E-state index contributed by atoms with van der Waals surface area (Å²) in [4.78, 5) is 35.3. The summed E-state index contributed by atoms with van der Waals surface area (Å²) >= 11 is 0.281. The number of hydrogen-bond acceptors (Lipinski definition) is 5. The first-order valence-corrected chi connectivity index (χ1v) is 21.0. The van der Waals surface area contributed by atoms with Crippen LogP contribution in [0.3, 0.4) is 0 Å². The number of rotatable bonds is 13. The fourth-order valence-electron chi connectivity index (χ4n) is 8.38. The molecule has 3 aromatic carbocycles. The Hall–Kier alpha value is -2.40. The van der Waals surface area contributed by atoms with E-state index in [1.165, 1.54) is 26.0 Å². The molecule has 0 unspecified atom stereocenters. The third kappa shape index (κ3) is 9.88. The Kier molecular flexibility index (Phi) is 15.9. The van der Waals surface area contributed by atoms with Crippen molar-refractivity contribution in [3.8, 4) is 11.1 Å². The summed E-state index contributed by atoms with van der Waals surface area (Å²) in [7, 11) is 155. The van der Waals surface area contributed by atoms with E-state index in [-0.39, 0.29) is 17.3 Å². The Morgan fingerprint density at radius 1 is 0.648 bits per heavy atom. The van der Waals surface area contributed by atoms with Gasteiger partial charge in [-0.15, -0.1) is 5.21 Å². The molecule has 1 aromatic heterocycles. The van der Waals surface area contributed by atoms with Gasteiger partial charge in [0.2, 0.25) is 5.91 Å². The smallest absolute Gasteiger partial charge is 0.348 e. The van der Waals surface area contributed by atoms with Gasteiger partial charge in [-0.05, 0) is 38.7 Å². The van der Waals surface area contributed by atoms with Gasteiger partial charge in [-0.25, -0.2) is 4.39 Å². The number of amides is 1. The highest BCUT2D eigenvalue weighted by Crippen LogP contribution is 2.58. The molecule has 0 aliphatic heterocycles. The van der Waals surface area contributed by atoms with Gasteiger partial charge in [0.1, 0.15) is 84.3 Å². The molecule has 6 nitrogen and oxygen atoms in total. The summed E-state index contributed by atoms with van der Waals surface area (Å²) in [5.74, 6) is -2.33. The van der Waals surface area contributed by atoms with Gasteiger partial charge in [-0.3, -0.25) is 9.59 Å². The molecule has 35 heteroatoms. The van der Waals surface area contributed by atoms with Crippen LogP contribution in [0.5, 0.6) is 0 Å². The number of nitrogens with zero attached hydrogens (tertiary/aromatic N) is 4. The van der Waals surface area contributed by atoms with E-state index in [0.717, 1.165) is 17.0 Å². The summed E-state index contributed by atoms with van der Waals surface area (Å²) < 4.78 is 54.6. The van der Waals surface area contributed by atoms with Crippen LogP contribution in [0, 0.1) is 5.82 Å². The molecular formula is C36H14B24F4N4O2S. The quantitative estimate of drug-likeness (QED) is 0.0579. The van der Waals surface area contributed by atoms with Crippen molar-refractivity contribution in [3.63, 3.8) is 0 Å². The van der Waals surface area contributed by atoms with E-state index in [0.29, 0.717) is 9.47 Å². The Balaban J connectivity index is 1.88. The number of hydrogen-bond donors (Lipinski definition) is 0. The molecule has 0 fully saturated rings. The summed E-state index contributed by atoms with van der Waals surface area (Å²) in [6, 6.07) is 4.34. The number of fused-ring (bicyclic) bond motifs is 1. The van der Waals surface area contributed by atoms with Crippen LogP contribution in [-0.4, -0.2) is 237 Å². The van der Waals surface area contributed by atoms with E-state index in [2.05, 4.69) is 4.98 Å². The third-order valence-corrected chi connectivity index (χ3v) is 13.2. The molecule has 0 saturated heterocycles. The van der Waals surface area contributed by atoms with Crippen molar-refractivity contribution in [1.82, 2.24) is 19.4 Å². The number of alkyl halides is 3. The second kappa shape index (κ2) is 19.0. The largest absolute Gasteiger partial charge is 0.415 e. The number of halogens is 4. The highest BCUT2D eigenvalue weighted by Gasteiger charge is 2.58. The van der Waals surface area contributed by atoms with Gasteiger partial charge in [-0.1, -0.05) is 108 Å². The molecule has 0 spiro atoms. The Bertz CT molecular complexity index is 2820. The fraction of sp³-hybridized carbons (Fsp3) is 0.361. The van der Waals surface area contributed by atoms with Crippen LogP contribution >= 0.6 is 11.8 Å². The first-order valence-electron chi connectivity index (χ1n) is 20.2. The molecule has 0 saturated carbocycles. The minimum Gasteiger partial charge on any atom is -0.348 e. The van der Waals surface area contributed by atoms with Crippen molar-refractivity contribution < 1.29 is 22.4 Å². The summed E-state index contributed by atoms with van der Waals surface area (Å²) in [5, 5.41) is -19.1. The molecular weight excluding hydrogens is 888 g/mol. The molecule has 0 atom stereocenters. The van der Waals surface area contributed by atoms with Gasteiger partial charge < -0.3 is 14.4 Å². The predicted molar refractivity (Wildman–Crippen MR) is 295 cm³/mol. The normalized spacial score (nSPS) is 15.9. The highest BCUT2D eigenvalue weighted by atomic mass is 32.2. The van der Waals surface area contributed by atoms with Crippen LogP contribution < -0.4 is 49.3 Å². The average Bonchev–Trinajstić information content (AvgIpc) is 3.30. The highest BCUT2D eigenvalue weighted by molar-refractivity contribution is 8.02. The Labute approximate surface area is 448 Å². The van der Waals surface area contributed by atoms with Crippen molar-refractivity contribution in [1.29, 1.82) is 0 Å². The van der Waals surface area contributed by atoms with E-state index in [4.69, 9.17) is 188 Å². The molecule has 1 heterocycles. The lowest BCUT2D eigenvalue weighted by molar-refractivity contribution is -0.137. The van der Waals surface area contributed by atoms with E-state index < -0.39 is 160 Å². The summed E-state index contributed by atoms with van der Waals surface area (Å²) in [6.45, 7) is 1.07. The number of carbonyl (C=O) groups is 1. The molecule has 1 aliphatic carbocycles. The van der Waals surface area contributed by atoms with Gasteiger partial charge >= 0.3 is 6.18 Å². The van der Waals surface area contributed by atoms with Crippen LogP contribution in [0.2, 0.25) is 5.21 Å². The van der Waals surface area contributed by atoms with Gasteiger partial charge in [0, 0.05) is 35.2 Å². The van der Waals surface area contributed by atoms with Crippen molar-refractivity contribution in [2.45, 2.75) is 66.7 Å². The van der Waals surface area contributed by atoms with Gasteiger partial charge in [0.25, 0.3) is 5.56 Å². The topological polar surface area (TPSA) is 58.4 Å². The predicted octanol–water partition coefficient (Wildman–Crippen LogP) is -10.6. The molecule has 0 bridgehead atoms. The first-order chi connectivity index (χ1) is 31.8. The third-order valence-electron chi connectivity index (χ3n) is 12.2. The molecule has 71 heavy (non-hydrogen) atoms. The SMILES string of the molecule is [B]c1c([B])c(C(F)(F)F)c([B])c([B])c1-c1c([B])c([B])c(C([B])([B])N(CCN(C([B])([B])C)C([B])([B])C)C(=O)C([B])([B])n2c(SC([B])([B])c3ccc(F)cc3)nc(=O)c3c2C([B])([B])C([B])([B])C3([B])[B])c([B])c1[B]. The van der Waals surface area contributed by atoms with Gasteiger partial charge in [0.05, 0.1) is 110 Å². The van der Waals surface area contributed by atoms with Crippen LogP contribution in [0.15, 0.2) is 34.2 Å². The number of thioether (sulfide) groups is 1. The van der Waals surface area contributed by atoms with Crippen LogP contribution in [0.1, 0.15) is 41.8 Å². The molecule has 296 valence electrons. The molecule has 48 radical (unpaired) electrons. The minimum absolute atomic E-state index is 0.0143. The maximum absolute atomic E-state index is 15.7. The lowest BCUT2D eigenvalue weighted by atomic mass is 9.20. The van der Waals surface area contributed by atoms with E-state index in [9.17, 15) is 22.4 Å². The van der Waals surface area contributed by atoms with E-state index in [1.807, 2.05) is 0 Å². The zero-order valence-corrected chi connectivity index (χ0v) is 38.9. The first kappa shape index (κ1) is 59.5. The standard InChI is InChI=1S/C36H14B24F4N4O2S/c1-28(45,46)67(29(2,47)48)8-7-66(32(53,54)13-20(41)16(37)11(17(38)21(13)42)12-18(39)22(43)14(35(62,63)64)23(44)19(12)40)26(70)33(55,56)68-24-15(30(49,50)36(59,60)31(24,51)52)25(69)65-27(68)71-34(57,58)9-3-5-10(61)6-4-9/h3-6H,7-8H2,1-2H3. The van der Waals surface area contributed by atoms with Crippen LogP contribution in [-0.2, 0) is 36.6 Å². The van der Waals surface area contributed by atoms with E-state index >= 15 is 4.79 Å². The fourth-order valence-corrected chi connectivity index (χ4v) is 9.40. The molecule has 4 aromatic rings. The minimum atomic E-state index is -5.15. The molecule has 1 aliphatic rings. The van der Waals surface area contributed by atoms with Crippen molar-refractivity contribution >= 4 is 250 Å². The zero-order chi connectivity index (χ0) is 54.9. The second-order valence-electron chi connectivity index (χ2n) is 17.8.